The molecule has 0 amide bonds. The molecule has 2 heterocycles. The average Bonchev–Trinajstić information content (AvgIpc) is 3.03. The molecule has 7 nitrogen and oxygen atoms in total. The van der Waals surface area contributed by atoms with E-state index in [2.05, 4.69) is 14.1 Å². The normalized spacial score (nSPS) is 16.2. The molecule has 0 unspecified atom stereocenters. The molecule has 0 aliphatic carbocycles. The number of hydrogen-bond donors (Lipinski definition) is 2. The number of allylic oxidation sites excluding steroid dienone is 1. The number of nitrogens with zero attached hydrogens (tertiary/aromatic N) is 2. The quantitative estimate of drug-likeness (QED) is 0.856. The molecule has 118 valence electrons. The van der Waals surface area contributed by atoms with Crippen LogP contribution in [0.2, 0.25) is 0 Å². The number of thiazole rings is 1. The van der Waals surface area contributed by atoms with E-state index in [1.165, 1.54) is 23.6 Å². The number of benzene rings is 1. The Kier molecular flexibility index (Phi) is 4.07. The Hall–Kier alpha value is -2.36. The van der Waals surface area contributed by atoms with Crippen molar-refractivity contribution >= 4 is 38.7 Å². The maximum absolute atomic E-state index is 11.8. The van der Waals surface area contributed by atoms with E-state index in [1.807, 2.05) is 30.3 Å². The summed E-state index contributed by atoms with van der Waals surface area (Å²) in [5, 5.41) is 9.60. The minimum absolute atomic E-state index is 0.205. The van der Waals surface area contributed by atoms with Crippen LogP contribution in [0.3, 0.4) is 0 Å². The van der Waals surface area contributed by atoms with Gasteiger partial charge in [0, 0.05) is 11.8 Å². The second-order valence-corrected chi connectivity index (χ2v) is 6.96. The molecular weight excluding hydrogens is 338 g/mol. The van der Waals surface area contributed by atoms with Crippen molar-refractivity contribution in [2.24, 2.45) is 4.40 Å². The third kappa shape index (κ3) is 3.36. The first-order valence-electron chi connectivity index (χ1n) is 6.48. The van der Waals surface area contributed by atoms with Crippen molar-refractivity contribution in [2.45, 2.75) is 0 Å². The standard InChI is InChI=1S/C14H11N3O4S2/c18-8-12(19)10-6-11(17-23(20,21)16-10)13-7-15-14(22-13)9-4-2-1-3-5-9/h1-7,17-18H,8H2. The third-order valence-electron chi connectivity index (χ3n) is 2.96. The highest BCUT2D eigenvalue weighted by Gasteiger charge is 2.24. The first kappa shape index (κ1) is 15.5. The van der Waals surface area contributed by atoms with Crippen molar-refractivity contribution in [3.05, 3.63) is 47.5 Å². The first-order valence-corrected chi connectivity index (χ1v) is 8.74. The minimum Gasteiger partial charge on any atom is -0.388 e. The predicted octanol–water partition coefficient (Wildman–Crippen LogP) is 1.00. The van der Waals surface area contributed by atoms with Crippen molar-refractivity contribution in [3.8, 4) is 10.6 Å². The molecule has 0 atom stereocenters. The highest BCUT2D eigenvalue weighted by atomic mass is 32.2. The summed E-state index contributed by atoms with van der Waals surface area (Å²) in [6, 6.07) is 9.43. The van der Waals surface area contributed by atoms with E-state index < -0.39 is 22.6 Å². The van der Waals surface area contributed by atoms with Crippen LogP contribution in [0, 0.1) is 0 Å². The van der Waals surface area contributed by atoms with Gasteiger partial charge in [0.2, 0.25) is 5.78 Å². The van der Waals surface area contributed by atoms with E-state index in [1.54, 1.807) is 0 Å². The molecule has 0 spiro atoms. The van der Waals surface area contributed by atoms with Gasteiger partial charge < -0.3 is 5.11 Å². The molecular formula is C14H11N3O4S2. The van der Waals surface area contributed by atoms with Crippen LogP contribution in [-0.2, 0) is 15.0 Å². The van der Waals surface area contributed by atoms with Crippen LogP contribution in [0.5, 0.6) is 0 Å². The van der Waals surface area contributed by atoms with Gasteiger partial charge in [-0.2, -0.15) is 8.42 Å². The number of rotatable bonds is 4. The maximum atomic E-state index is 11.8. The molecule has 0 radical (unpaired) electrons. The molecule has 0 saturated carbocycles. The fourth-order valence-corrected chi connectivity index (χ4v) is 3.79. The van der Waals surface area contributed by atoms with Gasteiger partial charge in [0.05, 0.1) is 10.6 Å². The molecule has 2 aromatic rings. The second kappa shape index (κ2) is 6.03. The Bertz CT molecular complexity index is 915. The molecule has 1 aliphatic heterocycles. The zero-order valence-corrected chi connectivity index (χ0v) is 13.3. The summed E-state index contributed by atoms with van der Waals surface area (Å²) >= 11 is 1.28. The summed E-state index contributed by atoms with van der Waals surface area (Å²) in [5.41, 5.74) is 0.802. The van der Waals surface area contributed by atoms with Crippen LogP contribution in [0.4, 0.5) is 0 Å². The van der Waals surface area contributed by atoms with Gasteiger partial charge in [-0.1, -0.05) is 30.3 Å². The zero-order chi connectivity index (χ0) is 16.4. The van der Waals surface area contributed by atoms with Crippen LogP contribution in [0.1, 0.15) is 4.88 Å². The average molecular weight is 349 g/mol. The Morgan fingerprint density at radius 1 is 1.26 bits per heavy atom. The summed E-state index contributed by atoms with van der Waals surface area (Å²) < 4.78 is 29.1. The number of Topliss-reactive ketones (excluding diaryl/α,β-unsaturated/α-hetero) is 1. The lowest BCUT2D eigenvalue weighted by atomic mass is 10.2. The van der Waals surface area contributed by atoms with Crippen molar-refractivity contribution in [1.29, 1.82) is 0 Å². The lowest BCUT2D eigenvalue weighted by Gasteiger charge is -2.12. The van der Waals surface area contributed by atoms with Crippen LogP contribution in [0.15, 0.2) is 47.0 Å². The van der Waals surface area contributed by atoms with Gasteiger partial charge in [0.1, 0.15) is 17.3 Å². The fourth-order valence-electron chi connectivity index (χ4n) is 1.93. The number of hydrogen-bond acceptors (Lipinski definition) is 6. The third-order valence-corrected chi connectivity index (χ3v) is 4.95. The molecule has 1 aromatic carbocycles. The molecule has 0 saturated heterocycles. The van der Waals surface area contributed by atoms with Crippen LogP contribution >= 0.6 is 11.3 Å². The lowest BCUT2D eigenvalue weighted by molar-refractivity contribution is -0.115. The zero-order valence-electron chi connectivity index (χ0n) is 11.6. The summed E-state index contributed by atoms with van der Waals surface area (Å²) in [4.78, 5) is 16.3. The molecule has 9 heteroatoms. The molecule has 0 bridgehead atoms. The van der Waals surface area contributed by atoms with Gasteiger partial charge in [-0.05, 0) is 6.08 Å². The van der Waals surface area contributed by atoms with Crippen LogP contribution < -0.4 is 4.72 Å². The molecule has 0 fully saturated rings. The molecule has 2 N–H and O–H groups in total. The Labute approximate surface area is 136 Å². The fraction of sp³-hybridized carbons (Fsp3) is 0.0714. The van der Waals surface area contributed by atoms with Crippen molar-refractivity contribution in [1.82, 2.24) is 9.71 Å². The van der Waals surface area contributed by atoms with E-state index >= 15 is 0 Å². The summed E-state index contributed by atoms with van der Waals surface area (Å²) in [6.45, 7) is -0.809. The first-order chi connectivity index (χ1) is 11.0. The Morgan fingerprint density at radius 3 is 2.70 bits per heavy atom. The summed E-state index contributed by atoms with van der Waals surface area (Å²) in [6.07, 6.45) is 2.82. The number of nitrogens with one attached hydrogen (secondary N) is 1. The van der Waals surface area contributed by atoms with Crippen LogP contribution in [-0.4, -0.2) is 36.6 Å². The van der Waals surface area contributed by atoms with Gasteiger partial charge >= 0.3 is 10.2 Å². The SMILES string of the molecule is O=C(CO)C1=NS(=O)(=O)NC(c2cnc(-c3ccccc3)s2)=C1. The summed E-state index contributed by atoms with van der Waals surface area (Å²) in [5.74, 6) is -0.764. The highest BCUT2D eigenvalue weighted by molar-refractivity contribution is 7.88. The van der Waals surface area contributed by atoms with Crippen molar-refractivity contribution in [2.75, 3.05) is 6.61 Å². The Morgan fingerprint density at radius 2 is 2.00 bits per heavy atom. The predicted molar refractivity (Wildman–Crippen MR) is 87.1 cm³/mol. The van der Waals surface area contributed by atoms with Crippen molar-refractivity contribution < 1.29 is 18.3 Å². The monoisotopic (exact) mass is 349 g/mol. The van der Waals surface area contributed by atoms with Gasteiger partial charge in [-0.25, -0.2) is 4.98 Å². The van der Waals surface area contributed by atoms with E-state index in [4.69, 9.17) is 5.11 Å². The molecule has 23 heavy (non-hydrogen) atoms. The molecule has 1 aromatic heterocycles. The number of carbonyl (C=O) groups is 1. The van der Waals surface area contributed by atoms with Gasteiger partial charge in [-0.3, -0.25) is 9.52 Å². The van der Waals surface area contributed by atoms with Crippen molar-refractivity contribution in [3.63, 3.8) is 0 Å². The van der Waals surface area contributed by atoms with Gasteiger partial charge in [0.15, 0.2) is 0 Å². The van der Waals surface area contributed by atoms with E-state index in [-0.39, 0.29) is 11.4 Å². The number of aliphatic hydroxyl groups excluding tert-OH is 1. The number of aromatic nitrogens is 1. The number of carbonyl (C=O) groups excluding carboxylic acids is 1. The Balaban J connectivity index is 1.99. The number of ketones is 1. The van der Waals surface area contributed by atoms with Crippen LogP contribution in [0.25, 0.3) is 16.3 Å². The topological polar surface area (TPSA) is 109 Å². The lowest BCUT2D eigenvalue weighted by Crippen LogP contribution is -2.29. The molecule has 3 rings (SSSR count). The minimum atomic E-state index is -4.02. The second-order valence-electron chi connectivity index (χ2n) is 4.59. The molecule has 1 aliphatic rings. The smallest absolute Gasteiger partial charge is 0.342 e. The summed E-state index contributed by atoms with van der Waals surface area (Å²) in [7, 11) is -4.02. The maximum Gasteiger partial charge on any atom is 0.342 e. The highest BCUT2D eigenvalue weighted by Crippen LogP contribution is 2.29. The van der Waals surface area contributed by atoms with Gasteiger partial charge in [0.25, 0.3) is 0 Å². The van der Waals surface area contributed by atoms with E-state index in [0.717, 1.165) is 10.6 Å². The van der Waals surface area contributed by atoms with Gasteiger partial charge in [-0.15, -0.1) is 15.7 Å². The largest absolute Gasteiger partial charge is 0.388 e. The van der Waals surface area contributed by atoms with E-state index in [9.17, 15) is 13.2 Å². The number of aliphatic hydroxyl groups is 1. The van der Waals surface area contributed by atoms with E-state index in [0.29, 0.717) is 4.88 Å².